The van der Waals surface area contributed by atoms with Gasteiger partial charge in [-0.15, -0.1) is 0 Å². The van der Waals surface area contributed by atoms with Crippen molar-refractivity contribution in [1.29, 1.82) is 0 Å². The van der Waals surface area contributed by atoms with Gasteiger partial charge in [0.2, 0.25) is 0 Å². The fraction of sp³-hybridized carbons (Fsp3) is 0.588. The van der Waals surface area contributed by atoms with Crippen LogP contribution in [0.15, 0.2) is 22.6 Å². The molecule has 0 bridgehead atoms. The normalized spacial score (nSPS) is 12.2. The number of nitrogens with zero attached hydrogens (tertiary/aromatic N) is 1. The van der Waals surface area contributed by atoms with Gasteiger partial charge in [-0.2, -0.15) is 0 Å². The molecule has 0 saturated carbocycles. The molecule has 0 amide bonds. The Kier molecular flexibility index (Phi) is 4.81. The van der Waals surface area contributed by atoms with Gasteiger partial charge in [-0.3, -0.25) is 0 Å². The number of aromatic nitrogens is 1. The van der Waals surface area contributed by atoms with Crippen LogP contribution in [0.3, 0.4) is 0 Å². The van der Waals surface area contributed by atoms with Crippen LogP contribution in [-0.4, -0.2) is 11.5 Å². The molecule has 0 spiro atoms. The average molecular weight is 274 g/mol. The Balaban J connectivity index is 2.02. The highest BCUT2D eigenvalue weighted by molar-refractivity contribution is 5.73. The summed E-state index contributed by atoms with van der Waals surface area (Å²) in [4.78, 5) is 4.61. The Morgan fingerprint density at radius 3 is 2.55 bits per heavy atom. The van der Waals surface area contributed by atoms with Gasteiger partial charge < -0.3 is 10.2 Å². The summed E-state index contributed by atoms with van der Waals surface area (Å²) in [6.45, 7) is 7.43. The molecule has 20 heavy (non-hydrogen) atoms. The van der Waals surface area contributed by atoms with Crippen molar-refractivity contribution in [2.75, 3.05) is 6.54 Å². The first-order valence-corrected chi connectivity index (χ1v) is 7.61. The van der Waals surface area contributed by atoms with Crippen molar-refractivity contribution in [3.05, 3.63) is 29.7 Å². The average Bonchev–Trinajstić information content (AvgIpc) is 2.79. The van der Waals surface area contributed by atoms with E-state index in [-0.39, 0.29) is 5.41 Å². The lowest BCUT2D eigenvalue weighted by atomic mass is 9.87. The Morgan fingerprint density at radius 2 is 1.85 bits per heavy atom. The highest BCUT2D eigenvalue weighted by Gasteiger charge is 2.15. The number of rotatable bonds is 6. The van der Waals surface area contributed by atoms with Gasteiger partial charge >= 0.3 is 0 Å². The Hall–Kier alpha value is -1.35. The van der Waals surface area contributed by atoms with Crippen molar-refractivity contribution in [1.82, 2.24) is 4.98 Å². The number of nitrogens with two attached hydrogens (primary N) is 1. The van der Waals surface area contributed by atoms with Gasteiger partial charge in [0.25, 0.3) is 0 Å². The molecule has 2 N–H and O–H groups in total. The van der Waals surface area contributed by atoms with Crippen molar-refractivity contribution >= 4 is 11.1 Å². The maximum atomic E-state index is 5.81. The van der Waals surface area contributed by atoms with Crippen LogP contribution < -0.4 is 5.73 Å². The fourth-order valence-electron chi connectivity index (χ4n) is 2.32. The molecule has 1 heterocycles. The molecule has 2 rings (SSSR count). The molecule has 0 fully saturated rings. The van der Waals surface area contributed by atoms with Crippen molar-refractivity contribution in [3.63, 3.8) is 0 Å². The van der Waals surface area contributed by atoms with E-state index in [1.54, 1.807) is 0 Å². The van der Waals surface area contributed by atoms with Crippen LogP contribution in [0.4, 0.5) is 0 Å². The minimum atomic E-state index is 0.148. The molecule has 0 radical (unpaired) electrons. The third-order valence-corrected chi connectivity index (χ3v) is 3.64. The standard InChI is InChI=1S/C17H26N2O/c1-17(2,3)13-9-10-15-14(12-13)19-16(20-15)8-6-4-5-7-11-18/h9-10,12H,4-8,11,18H2,1-3H3. The van der Waals surface area contributed by atoms with Gasteiger partial charge in [0.15, 0.2) is 11.5 Å². The molecular formula is C17H26N2O. The molecule has 3 nitrogen and oxygen atoms in total. The van der Waals surface area contributed by atoms with Crippen LogP contribution in [0, 0.1) is 0 Å². The van der Waals surface area contributed by atoms with Crippen LogP contribution in [0.5, 0.6) is 0 Å². The Bertz CT molecular complexity index is 552. The van der Waals surface area contributed by atoms with E-state index in [2.05, 4.69) is 37.9 Å². The molecular weight excluding hydrogens is 248 g/mol. The molecule has 110 valence electrons. The minimum absolute atomic E-state index is 0.148. The highest BCUT2D eigenvalue weighted by Crippen LogP contribution is 2.26. The van der Waals surface area contributed by atoms with Crippen molar-refractivity contribution in [2.45, 2.75) is 58.3 Å². The van der Waals surface area contributed by atoms with Crippen LogP contribution in [0.25, 0.3) is 11.1 Å². The lowest BCUT2D eigenvalue weighted by Crippen LogP contribution is -2.10. The second-order valence-corrected chi connectivity index (χ2v) is 6.49. The number of oxazole rings is 1. The summed E-state index contributed by atoms with van der Waals surface area (Å²) < 4.78 is 5.81. The topological polar surface area (TPSA) is 52.0 Å². The largest absolute Gasteiger partial charge is 0.441 e. The number of hydrogen-bond acceptors (Lipinski definition) is 3. The summed E-state index contributed by atoms with van der Waals surface area (Å²) in [5.41, 5.74) is 8.82. The van der Waals surface area contributed by atoms with Gasteiger partial charge in [0.1, 0.15) is 5.52 Å². The first-order chi connectivity index (χ1) is 9.50. The fourth-order valence-corrected chi connectivity index (χ4v) is 2.32. The molecule has 0 saturated heterocycles. The van der Waals surface area contributed by atoms with Crippen molar-refractivity contribution < 1.29 is 4.42 Å². The number of fused-ring (bicyclic) bond motifs is 1. The van der Waals surface area contributed by atoms with E-state index in [1.807, 2.05) is 6.07 Å². The Labute approximate surface area is 121 Å². The molecule has 2 aromatic rings. The number of unbranched alkanes of at least 4 members (excludes halogenated alkanes) is 3. The van der Waals surface area contributed by atoms with Crippen LogP contribution >= 0.6 is 0 Å². The summed E-state index contributed by atoms with van der Waals surface area (Å²) in [5.74, 6) is 0.860. The minimum Gasteiger partial charge on any atom is -0.441 e. The van der Waals surface area contributed by atoms with Gasteiger partial charge in [-0.25, -0.2) is 4.98 Å². The second-order valence-electron chi connectivity index (χ2n) is 6.49. The molecule has 0 aliphatic rings. The number of benzene rings is 1. The second kappa shape index (κ2) is 6.40. The van der Waals surface area contributed by atoms with E-state index in [1.165, 1.54) is 18.4 Å². The van der Waals surface area contributed by atoms with Crippen LogP contribution in [0.1, 0.15) is 57.9 Å². The first kappa shape index (κ1) is 15.0. The van der Waals surface area contributed by atoms with E-state index in [0.29, 0.717) is 0 Å². The summed E-state index contributed by atoms with van der Waals surface area (Å²) in [5, 5.41) is 0. The van der Waals surface area contributed by atoms with Crippen molar-refractivity contribution in [3.8, 4) is 0 Å². The lowest BCUT2D eigenvalue weighted by molar-refractivity contribution is 0.508. The summed E-state index contributed by atoms with van der Waals surface area (Å²) in [6, 6.07) is 6.33. The van der Waals surface area contributed by atoms with Crippen LogP contribution in [-0.2, 0) is 11.8 Å². The number of aryl methyl sites for hydroxylation is 1. The quantitative estimate of drug-likeness (QED) is 0.804. The van der Waals surface area contributed by atoms with Gasteiger partial charge in [-0.1, -0.05) is 39.7 Å². The lowest BCUT2D eigenvalue weighted by Gasteiger charge is -2.18. The summed E-state index contributed by atoms with van der Waals surface area (Å²) >= 11 is 0. The summed E-state index contributed by atoms with van der Waals surface area (Å²) in [7, 11) is 0. The third-order valence-electron chi connectivity index (χ3n) is 3.64. The molecule has 0 unspecified atom stereocenters. The van der Waals surface area contributed by atoms with Crippen LogP contribution in [0.2, 0.25) is 0 Å². The van der Waals surface area contributed by atoms with E-state index < -0.39 is 0 Å². The smallest absolute Gasteiger partial charge is 0.195 e. The molecule has 0 aliphatic heterocycles. The van der Waals surface area contributed by atoms with Gasteiger partial charge in [0, 0.05) is 6.42 Å². The number of hydrogen-bond donors (Lipinski definition) is 1. The van der Waals surface area contributed by atoms with E-state index in [9.17, 15) is 0 Å². The zero-order valence-electron chi connectivity index (χ0n) is 12.9. The predicted octanol–water partition coefficient (Wildman–Crippen LogP) is 4.19. The highest BCUT2D eigenvalue weighted by atomic mass is 16.3. The SMILES string of the molecule is CC(C)(C)c1ccc2oc(CCCCCCN)nc2c1. The van der Waals surface area contributed by atoms with E-state index >= 15 is 0 Å². The zero-order chi connectivity index (χ0) is 14.6. The van der Waals surface area contributed by atoms with E-state index in [4.69, 9.17) is 10.2 Å². The monoisotopic (exact) mass is 274 g/mol. The predicted molar refractivity (Wildman–Crippen MR) is 83.9 cm³/mol. The molecule has 0 aliphatic carbocycles. The molecule has 1 aromatic carbocycles. The van der Waals surface area contributed by atoms with E-state index in [0.717, 1.165) is 42.8 Å². The molecule has 3 heteroatoms. The zero-order valence-corrected chi connectivity index (χ0v) is 12.9. The van der Waals surface area contributed by atoms with Gasteiger partial charge in [-0.05, 0) is 42.5 Å². The van der Waals surface area contributed by atoms with Gasteiger partial charge in [0.05, 0.1) is 0 Å². The first-order valence-electron chi connectivity index (χ1n) is 7.61. The summed E-state index contributed by atoms with van der Waals surface area (Å²) in [6.07, 6.45) is 5.56. The Morgan fingerprint density at radius 1 is 1.10 bits per heavy atom. The third kappa shape index (κ3) is 3.83. The maximum Gasteiger partial charge on any atom is 0.195 e. The maximum absolute atomic E-state index is 5.81. The molecule has 1 aromatic heterocycles. The van der Waals surface area contributed by atoms with Crippen molar-refractivity contribution in [2.24, 2.45) is 5.73 Å². The molecule has 0 atom stereocenters.